The SMILES string of the molecule is CCNC(C(=O)O)c1ccccc1. The Labute approximate surface area is 77.4 Å². The fourth-order valence-electron chi connectivity index (χ4n) is 1.20. The first-order valence-electron chi connectivity index (χ1n) is 4.27. The molecule has 0 heterocycles. The van der Waals surface area contributed by atoms with Crippen LogP contribution in [-0.4, -0.2) is 17.6 Å². The van der Waals surface area contributed by atoms with Gasteiger partial charge in [0.2, 0.25) is 0 Å². The topological polar surface area (TPSA) is 49.3 Å². The molecule has 2 N–H and O–H groups in total. The van der Waals surface area contributed by atoms with Gasteiger partial charge >= 0.3 is 5.97 Å². The number of aliphatic carboxylic acids is 1. The van der Waals surface area contributed by atoms with E-state index in [9.17, 15) is 4.79 Å². The zero-order chi connectivity index (χ0) is 9.68. The maximum atomic E-state index is 10.8. The number of rotatable bonds is 4. The normalized spacial score (nSPS) is 12.4. The maximum absolute atomic E-state index is 10.8. The van der Waals surface area contributed by atoms with Crippen molar-refractivity contribution in [1.29, 1.82) is 0 Å². The monoisotopic (exact) mass is 179 g/mol. The largest absolute Gasteiger partial charge is 0.480 e. The third-order valence-corrected chi connectivity index (χ3v) is 1.79. The van der Waals surface area contributed by atoms with Crippen LogP contribution < -0.4 is 5.32 Å². The fraction of sp³-hybridized carbons (Fsp3) is 0.300. The lowest BCUT2D eigenvalue weighted by Crippen LogP contribution is -2.28. The van der Waals surface area contributed by atoms with Crippen molar-refractivity contribution in [2.75, 3.05) is 6.54 Å². The van der Waals surface area contributed by atoms with Gasteiger partial charge in [0.15, 0.2) is 0 Å². The summed E-state index contributed by atoms with van der Waals surface area (Å²) in [5, 5.41) is 11.8. The van der Waals surface area contributed by atoms with Crippen LogP contribution >= 0.6 is 0 Å². The molecule has 0 aliphatic heterocycles. The second kappa shape index (κ2) is 4.62. The van der Waals surface area contributed by atoms with Crippen molar-refractivity contribution < 1.29 is 9.90 Å². The Bertz CT molecular complexity index is 272. The fourth-order valence-corrected chi connectivity index (χ4v) is 1.20. The molecule has 0 saturated heterocycles. The Hall–Kier alpha value is -1.35. The highest BCUT2D eigenvalue weighted by Gasteiger charge is 2.17. The second-order valence-electron chi connectivity index (χ2n) is 2.74. The van der Waals surface area contributed by atoms with Gasteiger partial charge in [-0.15, -0.1) is 0 Å². The van der Waals surface area contributed by atoms with Crippen molar-refractivity contribution in [2.45, 2.75) is 13.0 Å². The van der Waals surface area contributed by atoms with Crippen LogP contribution in [0.15, 0.2) is 30.3 Å². The molecule has 0 aliphatic rings. The minimum Gasteiger partial charge on any atom is -0.480 e. The van der Waals surface area contributed by atoms with Crippen LogP contribution in [0.2, 0.25) is 0 Å². The Kier molecular flexibility index (Phi) is 3.46. The van der Waals surface area contributed by atoms with Gasteiger partial charge in [0.05, 0.1) is 0 Å². The van der Waals surface area contributed by atoms with Crippen molar-refractivity contribution in [2.24, 2.45) is 0 Å². The van der Waals surface area contributed by atoms with Crippen LogP contribution in [0.25, 0.3) is 0 Å². The summed E-state index contributed by atoms with van der Waals surface area (Å²) >= 11 is 0. The van der Waals surface area contributed by atoms with Crippen LogP contribution in [0.3, 0.4) is 0 Å². The molecular weight excluding hydrogens is 166 g/mol. The van der Waals surface area contributed by atoms with Crippen LogP contribution in [0.5, 0.6) is 0 Å². The van der Waals surface area contributed by atoms with E-state index in [1.54, 1.807) is 12.1 Å². The van der Waals surface area contributed by atoms with E-state index in [2.05, 4.69) is 5.32 Å². The molecular formula is C10H13NO2. The molecule has 3 heteroatoms. The predicted octanol–water partition coefficient (Wildman–Crippen LogP) is 1.42. The highest BCUT2D eigenvalue weighted by Crippen LogP contribution is 2.11. The Morgan fingerprint density at radius 2 is 2.08 bits per heavy atom. The van der Waals surface area contributed by atoms with Crippen molar-refractivity contribution in [3.63, 3.8) is 0 Å². The number of carbonyl (C=O) groups is 1. The summed E-state index contributed by atoms with van der Waals surface area (Å²) in [5.74, 6) is -0.840. The van der Waals surface area contributed by atoms with Gasteiger partial charge in [-0.05, 0) is 12.1 Å². The van der Waals surface area contributed by atoms with Gasteiger partial charge in [0, 0.05) is 0 Å². The van der Waals surface area contributed by atoms with Crippen LogP contribution in [0.4, 0.5) is 0 Å². The van der Waals surface area contributed by atoms with Gasteiger partial charge in [0.1, 0.15) is 6.04 Å². The van der Waals surface area contributed by atoms with E-state index in [-0.39, 0.29) is 0 Å². The lowest BCUT2D eigenvalue weighted by atomic mass is 10.1. The number of hydrogen-bond donors (Lipinski definition) is 2. The van der Waals surface area contributed by atoms with Crippen LogP contribution in [0, 0.1) is 0 Å². The van der Waals surface area contributed by atoms with E-state index in [4.69, 9.17) is 5.11 Å². The molecule has 0 saturated carbocycles. The van der Waals surface area contributed by atoms with Gasteiger partial charge in [-0.3, -0.25) is 4.79 Å². The standard InChI is InChI=1S/C10H13NO2/c1-2-11-9(10(12)13)8-6-4-3-5-7-8/h3-7,9,11H,2H2,1H3,(H,12,13). The van der Waals surface area contributed by atoms with Crippen LogP contribution in [0.1, 0.15) is 18.5 Å². The summed E-state index contributed by atoms with van der Waals surface area (Å²) in [6.07, 6.45) is 0. The molecule has 70 valence electrons. The Balaban J connectivity index is 2.82. The molecule has 0 radical (unpaired) electrons. The molecule has 1 aromatic rings. The third-order valence-electron chi connectivity index (χ3n) is 1.79. The molecule has 0 bridgehead atoms. The molecule has 1 rings (SSSR count). The molecule has 13 heavy (non-hydrogen) atoms. The predicted molar refractivity (Wildman–Crippen MR) is 50.5 cm³/mol. The zero-order valence-corrected chi connectivity index (χ0v) is 7.53. The first kappa shape index (κ1) is 9.74. The quantitative estimate of drug-likeness (QED) is 0.735. The average molecular weight is 179 g/mol. The lowest BCUT2D eigenvalue weighted by molar-refractivity contribution is -0.139. The summed E-state index contributed by atoms with van der Waals surface area (Å²) in [4.78, 5) is 10.8. The molecule has 1 unspecified atom stereocenters. The highest BCUT2D eigenvalue weighted by molar-refractivity contribution is 5.75. The van der Waals surface area contributed by atoms with Crippen molar-refractivity contribution in [1.82, 2.24) is 5.32 Å². The molecule has 3 nitrogen and oxygen atoms in total. The maximum Gasteiger partial charge on any atom is 0.325 e. The van der Waals surface area contributed by atoms with E-state index in [1.165, 1.54) is 0 Å². The van der Waals surface area contributed by atoms with Gasteiger partial charge in [-0.2, -0.15) is 0 Å². The number of carboxylic acid groups (broad SMARTS) is 1. The Morgan fingerprint density at radius 1 is 1.46 bits per heavy atom. The third kappa shape index (κ3) is 2.56. The number of benzene rings is 1. The first-order chi connectivity index (χ1) is 6.25. The molecule has 0 spiro atoms. The number of carboxylic acids is 1. The van der Waals surface area contributed by atoms with E-state index >= 15 is 0 Å². The van der Waals surface area contributed by atoms with E-state index in [0.29, 0.717) is 6.54 Å². The smallest absolute Gasteiger partial charge is 0.325 e. The molecule has 0 fully saturated rings. The summed E-state index contributed by atoms with van der Waals surface area (Å²) in [5.41, 5.74) is 0.789. The molecule has 0 aromatic heterocycles. The number of likely N-dealkylation sites (N-methyl/N-ethyl adjacent to an activating group) is 1. The molecule has 0 amide bonds. The van der Waals surface area contributed by atoms with E-state index in [1.807, 2.05) is 25.1 Å². The minimum atomic E-state index is -0.840. The van der Waals surface area contributed by atoms with Crippen molar-refractivity contribution >= 4 is 5.97 Å². The van der Waals surface area contributed by atoms with E-state index < -0.39 is 12.0 Å². The molecule has 1 aromatic carbocycles. The van der Waals surface area contributed by atoms with Gasteiger partial charge in [-0.1, -0.05) is 37.3 Å². The highest BCUT2D eigenvalue weighted by atomic mass is 16.4. The summed E-state index contributed by atoms with van der Waals surface area (Å²) < 4.78 is 0. The number of hydrogen-bond acceptors (Lipinski definition) is 2. The lowest BCUT2D eigenvalue weighted by Gasteiger charge is -2.12. The summed E-state index contributed by atoms with van der Waals surface area (Å²) in [6, 6.07) is 8.56. The van der Waals surface area contributed by atoms with E-state index in [0.717, 1.165) is 5.56 Å². The Morgan fingerprint density at radius 3 is 2.54 bits per heavy atom. The van der Waals surface area contributed by atoms with Gasteiger partial charge < -0.3 is 10.4 Å². The second-order valence-corrected chi connectivity index (χ2v) is 2.74. The van der Waals surface area contributed by atoms with Crippen LogP contribution in [-0.2, 0) is 4.79 Å². The zero-order valence-electron chi connectivity index (χ0n) is 7.53. The summed E-state index contributed by atoms with van der Waals surface area (Å²) in [6.45, 7) is 2.53. The van der Waals surface area contributed by atoms with Gasteiger partial charge in [-0.25, -0.2) is 0 Å². The summed E-state index contributed by atoms with van der Waals surface area (Å²) in [7, 11) is 0. The average Bonchev–Trinajstić information content (AvgIpc) is 2.15. The number of nitrogens with one attached hydrogen (secondary N) is 1. The van der Waals surface area contributed by atoms with Crippen molar-refractivity contribution in [3.05, 3.63) is 35.9 Å². The van der Waals surface area contributed by atoms with Crippen molar-refractivity contribution in [3.8, 4) is 0 Å². The molecule has 0 aliphatic carbocycles. The first-order valence-corrected chi connectivity index (χ1v) is 4.27. The molecule has 1 atom stereocenters. The minimum absolute atomic E-state index is 0.591. The van der Waals surface area contributed by atoms with Gasteiger partial charge in [0.25, 0.3) is 0 Å².